The van der Waals surface area contributed by atoms with E-state index in [0.29, 0.717) is 11.2 Å². The molecule has 0 saturated heterocycles. The Morgan fingerprint density at radius 2 is 2.26 bits per heavy atom. The number of carbonyl (C=O) groups excluding carboxylic acids is 1. The standard InChI is InChI=1S/C16H13ClFN3O2/c17-11-2-1-3-12(18)14(11)13(22)8-21-16(23)10-6-9-4-5-19-15(9)20-7-10/h1-7,13,22H,8H2,(H,19,20)(H,21,23). The predicted octanol–water partition coefficient (Wildman–Crippen LogP) is 2.82. The van der Waals surface area contributed by atoms with E-state index in [4.69, 9.17) is 11.6 Å². The van der Waals surface area contributed by atoms with Gasteiger partial charge in [0.2, 0.25) is 0 Å². The number of aromatic nitrogens is 2. The highest BCUT2D eigenvalue weighted by Crippen LogP contribution is 2.25. The lowest BCUT2D eigenvalue weighted by Crippen LogP contribution is -2.29. The summed E-state index contributed by atoms with van der Waals surface area (Å²) in [4.78, 5) is 19.2. The minimum Gasteiger partial charge on any atom is -0.386 e. The molecule has 1 aromatic carbocycles. The fourth-order valence-electron chi connectivity index (χ4n) is 2.29. The van der Waals surface area contributed by atoms with Gasteiger partial charge in [-0.25, -0.2) is 9.37 Å². The molecule has 1 amide bonds. The Morgan fingerprint density at radius 1 is 1.43 bits per heavy atom. The third-order valence-corrected chi connectivity index (χ3v) is 3.78. The van der Waals surface area contributed by atoms with Crippen LogP contribution in [0, 0.1) is 5.82 Å². The number of aliphatic hydroxyl groups excluding tert-OH is 1. The number of aliphatic hydroxyl groups is 1. The molecule has 3 N–H and O–H groups in total. The number of H-pyrrole nitrogens is 1. The van der Waals surface area contributed by atoms with Gasteiger partial charge in [-0.3, -0.25) is 4.79 Å². The van der Waals surface area contributed by atoms with Crippen molar-refractivity contribution in [2.75, 3.05) is 6.54 Å². The molecule has 118 valence electrons. The molecule has 0 spiro atoms. The lowest BCUT2D eigenvalue weighted by Gasteiger charge is -2.14. The summed E-state index contributed by atoms with van der Waals surface area (Å²) in [5.74, 6) is -1.03. The second-order valence-electron chi connectivity index (χ2n) is 5.00. The second kappa shape index (κ2) is 6.36. The molecule has 0 aliphatic rings. The van der Waals surface area contributed by atoms with Gasteiger partial charge < -0.3 is 15.4 Å². The number of pyridine rings is 1. The number of nitrogens with zero attached hydrogens (tertiary/aromatic N) is 1. The number of amides is 1. The first-order chi connectivity index (χ1) is 11.1. The average molecular weight is 334 g/mol. The topological polar surface area (TPSA) is 78.0 Å². The van der Waals surface area contributed by atoms with Crippen LogP contribution in [-0.2, 0) is 0 Å². The smallest absolute Gasteiger partial charge is 0.252 e. The van der Waals surface area contributed by atoms with E-state index < -0.39 is 17.8 Å². The zero-order valence-corrected chi connectivity index (χ0v) is 12.6. The molecule has 3 aromatic rings. The number of nitrogens with one attached hydrogen (secondary N) is 2. The van der Waals surface area contributed by atoms with Crippen LogP contribution in [0.5, 0.6) is 0 Å². The fourth-order valence-corrected chi connectivity index (χ4v) is 2.58. The van der Waals surface area contributed by atoms with E-state index in [9.17, 15) is 14.3 Å². The van der Waals surface area contributed by atoms with Crippen molar-refractivity contribution >= 4 is 28.5 Å². The van der Waals surface area contributed by atoms with Crippen LogP contribution in [0.4, 0.5) is 4.39 Å². The summed E-state index contributed by atoms with van der Waals surface area (Å²) in [5.41, 5.74) is 0.998. The van der Waals surface area contributed by atoms with E-state index >= 15 is 0 Å². The van der Waals surface area contributed by atoms with E-state index in [2.05, 4.69) is 15.3 Å². The molecule has 1 atom stereocenters. The maximum atomic E-state index is 13.7. The van der Waals surface area contributed by atoms with Gasteiger partial charge in [-0.05, 0) is 24.3 Å². The largest absolute Gasteiger partial charge is 0.386 e. The van der Waals surface area contributed by atoms with Crippen molar-refractivity contribution in [3.05, 3.63) is 64.7 Å². The van der Waals surface area contributed by atoms with Gasteiger partial charge in [-0.1, -0.05) is 17.7 Å². The van der Waals surface area contributed by atoms with Crippen LogP contribution in [0.2, 0.25) is 5.02 Å². The van der Waals surface area contributed by atoms with Crippen LogP contribution in [0.1, 0.15) is 22.0 Å². The zero-order chi connectivity index (χ0) is 16.4. The van der Waals surface area contributed by atoms with Gasteiger partial charge in [-0.2, -0.15) is 0 Å². The molecule has 0 radical (unpaired) electrons. The van der Waals surface area contributed by atoms with Crippen LogP contribution in [0.3, 0.4) is 0 Å². The number of carbonyl (C=O) groups is 1. The van der Waals surface area contributed by atoms with E-state index in [1.165, 1.54) is 24.4 Å². The van der Waals surface area contributed by atoms with Gasteiger partial charge in [0.1, 0.15) is 17.6 Å². The molecule has 0 fully saturated rings. The summed E-state index contributed by atoms with van der Waals surface area (Å²) in [5, 5.41) is 13.5. The molecule has 2 heterocycles. The number of aromatic amines is 1. The first-order valence-corrected chi connectivity index (χ1v) is 7.27. The third-order valence-electron chi connectivity index (χ3n) is 3.45. The number of hydrogen-bond acceptors (Lipinski definition) is 3. The van der Waals surface area contributed by atoms with E-state index in [-0.39, 0.29) is 17.1 Å². The van der Waals surface area contributed by atoms with E-state index in [1.54, 1.807) is 18.3 Å². The van der Waals surface area contributed by atoms with Gasteiger partial charge in [0.25, 0.3) is 5.91 Å². The van der Waals surface area contributed by atoms with Crippen LogP contribution in [0.25, 0.3) is 11.0 Å². The molecule has 0 bridgehead atoms. The molecule has 7 heteroatoms. The first kappa shape index (κ1) is 15.5. The summed E-state index contributed by atoms with van der Waals surface area (Å²) < 4.78 is 13.7. The SMILES string of the molecule is O=C(NCC(O)c1c(F)cccc1Cl)c1cnc2[nH]ccc2c1. The highest BCUT2D eigenvalue weighted by molar-refractivity contribution is 6.31. The van der Waals surface area contributed by atoms with Crippen molar-refractivity contribution in [2.24, 2.45) is 0 Å². The van der Waals surface area contributed by atoms with Gasteiger partial charge in [0.15, 0.2) is 0 Å². The molecule has 0 saturated carbocycles. The summed E-state index contributed by atoms with van der Waals surface area (Å²) in [6.07, 6.45) is 1.91. The van der Waals surface area contributed by atoms with Crippen molar-refractivity contribution in [3.8, 4) is 0 Å². The summed E-state index contributed by atoms with van der Waals surface area (Å²) in [7, 11) is 0. The van der Waals surface area contributed by atoms with Gasteiger partial charge in [0, 0.05) is 34.9 Å². The quantitative estimate of drug-likeness (QED) is 0.687. The van der Waals surface area contributed by atoms with Crippen LogP contribution in [0.15, 0.2) is 42.7 Å². The minimum absolute atomic E-state index is 0.0336. The lowest BCUT2D eigenvalue weighted by atomic mass is 10.1. The minimum atomic E-state index is -1.24. The molecular formula is C16H13ClFN3O2. The number of benzene rings is 1. The third kappa shape index (κ3) is 3.18. The Morgan fingerprint density at radius 3 is 3.04 bits per heavy atom. The number of fused-ring (bicyclic) bond motifs is 1. The van der Waals surface area contributed by atoms with Crippen molar-refractivity contribution < 1.29 is 14.3 Å². The van der Waals surface area contributed by atoms with Gasteiger partial charge in [-0.15, -0.1) is 0 Å². The summed E-state index contributed by atoms with van der Waals surface area (Å²) >= 11 is 5.88. The Balaban J connectivity index is 1.71. The number of hydrogen-bond donors (Lipinski definition) is 3. The van der Waals surface area contributed by atoms with E-state index in [0.717, 1.165) is 5.39 Å². The maximum absolute atomic E-state index is 13.7. The average Bonchev–Trinajstić information content (AvgIpc) is 3.00. The maximum Gasteiger partial charge on any atom is 0.252 e. The molecule has 1 unspecified atom stereocenters. The predicted molar refractivity (Wildman–Crippen MR) is 84.8 cm³/mol. The highest BCUT2D eigenvalue weighted by atomic mass is 35.5. The molecule has 23 heavy (non-hydrogen) atoms. The molecular weight excluding hydrogens is 321 g/mol. The lowest BCUT2D eigenvalue weighted by molar-refractivity contribution is 0.0914. The molecule has 0 aliphatic heterocycles. The first-order valence-electron chi connectivity index (χ1n) is 6.89. The Kier molecular flexibility index (Phi) is 4.27. The molecule has 5 nitrogen and oxygen atoms in total. The van der Waals surface area contributed by atoms with Crippen molar-refractivity contribution in [2.45, 2.75) is 6.10 Å². The molecule has 2 aromatic heterocycles. The highest BCUT2D eigenvalue weighted by Gasteiger charge is 2.18. The van der Waals surface area contributed by atoms with Crippen molar-refractivity contribution in [3.63, 3.8) is 0 Å². The zero-order valence-electron chi connectivity index (χ0n) is 11.9. The Bertz CT molecular complexity index is 845. The fraction of sp³-hybridized carbons (Fsp3) is 0.125. The summed E-state index contributed by atoms with van der Waals surface area (Å²) in [6.45, 7) is -0.162. The van der Waals surface area contributed by atoms with Crippen molar-refractivity contribution in [1.29, 1.82) is 0 Å². The number of halogens is 2. The van der Waals surface area contributed by atoms with Gasteiger partial charge >= 0.3 is 0 Å². The van der Waals surface area contributed by atoms with Crippen molar-refractivity contribution in [1.82, 2.24) is 15.3 Å². The van der Waals surface area contributed by atoms with Crippen LogP contribution >= 0.6 is 11.6 Å². The van der Waals surface area contributed by atoms with Gasteiger partial charge in [0.05, 0.1) is 5.56 Å². The number of rotatable bonds is 4. The second-order valence-corrected chi connectivity index (χ2v) is 5.41. The molecule has 3 rings (SSSR count). The summed E-state index contributed by atoms with van der Waals surface area (Å²) in [6, 6.07) is 7.61. The molecule has 0 aliphatic carbocycles. The van der Waals surface area contributed by atoms with Crippen LogP contribution < -0.4 is 5.32 Å². The Hall–Kier alpha value is -2.44. The van der Waals surface area contributed by atoms with Crippen LogP contribution in [-0.4, -0.2) is 27.5 Å². The monoisotopic (exact) mass is 333 g/mol. The normalized spacial score (nSPS) is 12.3. The Labute approximate surface area is 136 Å². The van der Waals surface area contributed by atoms with E-state index in [1.807, 2.05) is 0 Å².